The lowest BCUT2D eigenvalue weighted by Crippen LogP contribution is -2.46. The molecule has 30 heavy (non-hydrogen) atoms. The standard InChI is InChI=1S/C18H15ClF4N6O/c1-9-15-13(29(27-26-15)17-24-7-10(20)8-25-17)5-6-28(9)16(30)11-3-2-4-12(14(11)19)18(21,22)23/h2-4,7-9,26-27H,5-6H2,1H3/t9-/m0/s1. The van der Waals surface area contributed by atoms with Crippen LogP contribution in [0.15, 0.2) is 42.0 Å². The number of carbonyl (C=O) groups is 1. The van der Waals surface area contributed by atoms with E-state index in [1.807, 2.05) is 0 Å². The zero-order valence-corrected chi connectivity index (χ0v) is 16.2. The second-order valence-electron chi connectivity index (χ2n) is 6.72. The second-order valence-corrected chi connectivity index (χ2v) is 7.10. The number of nitrogens with zero attached hydrogens (tertiary/aromatic N) is 4. The molecule has 12 heteroatoms. The van der Waals surface area contributed by atoms with Crippen molar-refractivity contribution in [3.05, 3.63) is 64.0 Å². The molecule has 0 aliphatic carbocycles. The van der Waals surface area contributed by atoms with Gasteiger partial charge in [0.25, 0.3) is 5.91 Å². The van der Waals surface area contributed by atoms with Gasteiger partial charge in [0.1, 0.15) is 0 Å². The first-order valence-electron chi connectivity index (χ1n) is 8.87. The van der Waals surface area contributed by atoms with Crippen molar-refractivity contribution in [2.45, 2.75) is 25.6 Å². The molecule has 0 spiro atoms. The van der Waals surface area contributed by atoms with Gasteiger partial charge in [-0.3, -0.25) is 4.79 Å². The summed E-state index contributed by atoms with van der Waals surface area (Å²) in [5, 5.41) is 0.908. The largest absolute Gasteiger partial charge is 0.417 e. The molecule has 2 aliphatic heterocycles. The number of benzene rings is 1. The van der Waals surface area contributed by atoms with E-state index in [1.165, 1.54) is 16.0 Å². The van der Waals surface area contributed by atoms with Gasteiger partial charge in [-0.15, -0.1) is 5.53 Å². The number of hydrazine groups is 2. The van der Waals surface area contributed by atoms with Gasteiger partial charge in [-0.2, -0.15) is 13.2 Å². The van der Waals surface area contributed by atoms with Gasteiger partial charge in [-0.25, -0.2) is 19.4 Å². The van der Waals surface area contributed by atoms with E-state index in [0.717, 1.165) is 30.2 Å². The Morgan fingerprint density at radius 1 is 1.27 bits per heavy atom. The van der Waals surface area contributed by atoms with Crippen molar-refractivity contribution in [3.63, 3.8) is 0 Å². The van der Waals surface area contributed by atoms with E-state index in [9.17, 15) is 22.4 Å². The maximum absolute atomic E-state index is 13.1. The third kappa shape index (κ3) is 3.43. The molecule has 1 aromatic carbocycles. The molecule has 0 bridgehead atoms. The third-order valence-corrected chi connectivity index (χ3v) is 5.37. The van der Waals surface area contributed by atoms with E-state index >= 15 is 0 Å². The Morgan fingerprint density at radius 2 is 1.97 bits per heavy atom. The van der Waals surface area contributed by atoms with E-state index < -0.39 is 34.5 Å². The highest BCUT2D eigenvalue weighted by molar-refractivity contribution is 6.34. The molecule has 0 fully saturated rings. The van der Waals surface area contributed by atoms with Gasteiger partial charge in [0.2, 0.25) is 5.95 Å². The third-order valence-electron chi connectivity index (χ3n) is 4.96. The van der Waals surface area contributed by atoms with Gasteiger partial charge < -0.3 is 10.3 Å². The minimum Gasteiger partial charge on any atom is -0.330 e. The molecule has 2 aliphatic rings. The summed E-state index contributed by atoms with van der Waals surface area (Å²) in [7, 11) is 0. The van der Waals surface area contributed by atoms with Crippen molar-refractivity contribution in [1.29, 1.82) is 0 Å². The van der Waals surface area contributed by atoms with Crippen LogP contribution in [-0.4, -0.2) is 33.4 Å². The predicted molar refractivity (Wildman–Crippen MR) is 99.3 cm³/mol. The molecule has 1 amide bonds. The fraction of sp³-hybridized carbons (Fsp3) is 0.278. The minimum absolute atomic E-state index is 0.210. The molecule has 3 heterocycles. The first-order chi connectivity index (χ1) is 14.2. The molecule has 0 saturated heterocycles. The van der Waals surface area contributed by atoms with Crippen molar-refractivity contribution in [3.8, 4) is 0 Å². The van der Waals surface area contributed by atoms with Crippen LogP contribution in [0.25, 0.3) is 0 Å². The highest BCUT2D eigenvalue weighted by Crippen LogP contribution is 2.37. The number of aromatic nitrogens is 2. The molecule has 4 rings (SSSR count). The normalized spacial score (nSPS) is 19.1. The Morgan fingerprint density at radius 3 is 2.63 bits per heavy atom. The number of anilines is 1. The highest BCUT2D eigenvalue weighted by Gasteiger charge is 2.39. The molecule has 2 aromatic rings. The van der Waals surface area contributed by atoms with E-state index in [0.29, 0.717) is 12.1 Å². The molecule has 0 saturated carbocycles. The Labute approximate surface area is 173 Å². The van der Waals surface area contributed by atoms with E-state index in [1.54, 1.807) is 6.92 Å². The first kappa shape index (κ1) is 20.4. The molecule has 0 radical (unpaired) electrons. The van der Waals surface area contributed by atoms with E-state index in [-0.39, 0.29) is 18.1 Å². The fourth-order valence-electron chi connectivity index (χ4n) is 3.48. The lowest BCUT2D eigenvalue weighted by molar-refractivity contribution is -0.137. The van der Waals surface area contributed by atoms with Crippen LogP contribution in [0.2, 0.25) is 5.02 Å². The summed E-state index contributed by atoms with van der Waals surface area (Å²) in [6.45, 7) is 1.96. The molecular formula is C18H15ClF4N6O. The maximum Gasteiger partial charge on any atom is 0.417 e. The summed E-state index contributed by atoms with van der Waals surface area (Å²) in [5.41, 5.74) is 5.89. The van der Waals surface area contributed by atoms with Crippen LogP contribution < -0.4 is 16.0 Å². The van der Waals surface area contributed by atoms with Gasteiger partial charge in [-0.1, -0.05) is 17.7 Å². The molecule has 1 aromatic heterocycles. The summed E-state index contributed by atoms with van der Waals surface area (Å²) >= 11 is 5.92. The van der Waals surface area contributed by atoms with Crippen LogP contribution >= 0.6 is 11.6 Å². The van der Waals surface area contributed by atoms with Gasteiger partial charge in [0.05, 0.1) is 46.0 Å². The van der Waals surface area contributed by atoms with Crippen molar-refractivity contribution in [2.24, 2.45) is 0 Å². The summed E-state index contributed by atoms with van der Waals surface area (Å²) in [6.07, 6.45) is -2.24. The number of hydrogen-bond donors (Lipinski definition) is 2. The summed E-state index contributed by atoms with van der Waals surface area (Å²) in [4.78, 5) is 22.3. The lowest BCUT2D eigenvalue weighted by atomic mass is 10.0. The lowest BCUT2D eigenvalue weighted by Gasteiger charge is -2.34. The SMILES string of the molecule is C[C@H]1C2=C(CCN1C(=O)c1cccc(C(F)(F)F)c1Cl)N(c1ncc(F)cn1)NN2. The fourth-order valence-corrected chi connectivity index (χ4v) is 3.80. The number of halogens is 5. The van der Waals surface area contributed by atoms with Crippen molar-refractivity contribution in [1.82, 2.24) is 25.8 Å². The van der Waals surface area contributed by atoms with Crippen LogP contribution in [0.4, 0.5) is 23.5 Å². The monoisotopic (exact) mass is 442 g/mol. The summed E-state index contributed by atoms with van der Waals surface area (Å²) < 4.78 is 52.5. The van der Waals surface area contributed by atoms with Crippen LogP contribution in [0.3, 0.4) is 0 Å². The summed E-state index contributed by atoms with van der Waals surface area (Å²) in [5.74, 6) is -0.975. The molecule has 0 unspecified atom stereocenters. The number of amides is 1. The number of nitrogens with one attached hydrogen (secondary N) is 2. The van der Waals surface area contributed by atoms with Crippen LogP contribution in [-0.2, 0) is 6.18 Å². The Kier molecular flexibility index (Phi) is 5.02. The van der Waals surface area contributed by atoms with Gasteiger partial charge >= 0.3 is 6.18 Å². The first-order valence-corrected chi connectivity index (χ1v) is 9.25. The number of hydrogen-bond acceptors (Lipinski definition) is 6. The topological polar surface area (TPSA) is 73.4 Å². The number of alkyl halides is 3. The molecule has 2 N–H and O–H groups in total. The molecular weight excluding hydrogens is 428 g/mol. The quantitative estimate of drug-likeness (QED) is 0.696. The summed E-state index contributed by atoms with van der Waals surface area (Å²) in [6, 6.07) is 2.77. The number of rotatable bonds is 2. The smallest absolute Gasteiger partial charge is 0.330 e. The van der Waals surface area contributed by atoms with Crippen molar-refractivity contribution < 1.29 is 22.4 Å². The molecule has 1 atom stereocenters. The van der Waals surface area contributed by atoms with Crippen molar-refractivity contribution in [2.75, 3.05) is 11.6 Å². The zero-order chi connectivity index (χ0) is 21.6. The molecule has 158 valence electrons. The Hall–Kier alpha value is -2.92. The predicted octanol–water partition coefficient (Wildman–Crippen LogP) is 3.26. The average molecular weight is 443 g/mol. The zero-order valence-electron chi connectivity index (χ0n) is 15.5. The number of carbonyl (C=O) groups excluding carboxylic acids is 1. The van der Waals surface area contributed by atoms with Gasteiger partial charge in [0, 0.05) is 13.0 Å². The minimum atomic E-state index is -4.66. The van der Waals surface area contributed by atoms with Crippen molar-refractivity contribution >= 4 is 23.5 Å². The average Bonchev–Trinajstić information content (AvgIpc) is 3.13. The van der Waals surface area contributed by atoms with Crippen LogP contribution in [0.1, 0.15) is 29.3 Å². The van der Waals surface area contributed by atoms with Gasteiger partial charge in [0.15, 0.2) is 5.82 Å². The Bertz CT molecular complexity index is 1030. The van der Waals surface area contributed by atoms with Crippen LogP contribution in [0.5, 0.6) is 0 Å². The van der Waals surface area contributed by atoms with Crippen LogP contribution in [0, 0.1) is 5.82 Å². The second kappa shape index (κ2) is 7.40. The van der Waals surface area contributed by atoms with E-state index in [2.05, 4.69) is 20.9 Å². The Balaban J connectivity index is 1.61. The van der Waals surface area contributed by atoms with E-state index in [4.69, 9.17) is 11.6 Å². The maximum atomic E-state index is 13.1. The molecule has 7 nitrogen and oxygen atoms in total. The van der Waals surface area contributed by atoms with Gasteiger partial charge in [-0.05, 0) is 19.1 Å². The highest BCUT2D eigenvalue weighted by atomic mass is 35.5.